The normalized spacial score (nSPS) is 9.37. The van der Waals surface area contributed by atoms with Gasteiger partial charge in [0.05, 0.1) is 0 Å². The second-order valence-electron chi connectivity index (χ2n) is 3.35. The van der Waals surface area contributed by atoms with Crippen molar-refractivity contribution < 1.29 is 78.9 Å². The minimum Gasteiger partial charge on any atom is -0.550 e. The van der Waals surface area contributed by atoms with E-state index in [1.165, 1.54) is 0 Å². The number of hydrogen-bond acceptors (Lipinski definition) is 5. The molecule has 0 bridgehead atoms. The molecule has 92 valence electrons. The molecule has 0 atom stereocenters. The van der Waals surface area contributed by atoms with Crippen LogP contribution in [0.3, 0.4) is 0 Å². The smallest absolute Gasteiger partial charge is 0.550 e. The van der Waals surface area contributed by atoms with E-state index < -0.39 is 17.2 Å². The van der Waals surface area contributed by atoms with Gasteiger partial charge in [0, 0.05) is 27.1 Å². The van der Waals surface area contributed by atoms with Gasteiger partial charge in [0.25, 0.3) is 0 Å². The van der Waals surface area contributed by atoms with E-state index in [1.54, 1.807) is 24.3 Å². The Bertz CT molecular complexity index is 398. The molecule has 1 aromatic rings. The van der Waals surface area contributed by atoms with E-state index >= 15 is 0 Å². The Balaban J connectivity index is 0. The molecule has 0 aliphatic carbocycles. The minimum atomic E-state index is -1.28. The van der Waals surface area contributed by atoms with Crippen LogP contribution in [0.25, 0.3) is 0 Å². The van der Waals surface area contributed by atoms with E-state index in [0.717, 1.165) is 16.7 Å². The summed E-state index contributed by atoms with van der Waals surface area (Å²) in [6, 6.07) is 6.70. The van der Waals surface area contributed by atoms with Crippen LogP contribution in [0.5, 0.6) is 0 Å². The summed E-state index contributed by atoms with van der Waals surface area (Å²) in [5, 5.41) is 20.9. The topological polar surface area (TPSA) is 80.3 Å². The summed E-state index contributed by atoms with van der Waals surface area (Å²) in [4.78, 5) is 21.7. The number of carbonyl (C=O) groups excluding carboxylic acids is 2. The Kier molecular flexibility index (Phi) is 13.3. The maximum Gasteiger partial charge on any atom is 1.00 e. The van der Waals surface area contributed by atoms with Gasteiger partial charge in [-0.3, -0.25) is 0 Å². The standard InChI is InChI=1S/C11H11ClO4S.2Na/c12-7-1-3-8(4-2-7)17-9(5-10(13)14)6-11(15)16;;/h1-4,9H,5-6H2,(H,13,14)(H,15,16);;/q;2*+1/p-2. The number of benzene rings is 1. The van der Waals surface area contributed by atoms with Crippen molar-refractivity contribution in [3.8, 4) is 0 Å². The van der Waals surface area contributed by atoms with Gasteiger partial charge in [0.1, 0.15) is 0 Å². The fourth-order valence-corrected chi connectivity index (χ4v) is 2.48. The van der Waals surface area contributed by atoms with Crippen LogP contribution in [-0.4, -0.2) is 17.2 Å². The monoisotopic (exact) mass is 318 g/mol. The zero-order valence-corrected chi connectivity index (χ0v) is 16.3. The molecule has 0 aromatic heterocycles. The third-order valence-corrected chi connectivity index (χ3v) is 3.37. The Morgan fingerprint density at radius 3 is 1.84 bits per heavy atom. The maximum atomic E-state index is 10.5. The van der Waals surface area contributed by atoms with Crippen molar-refractivity contribution in [1.82, 2.24) is 0 Å². The van der Waals surface area contributed by atoms with Crippen LogP contribution in [0, 0.1) is 0 Å². The Hall–Kier alpha value is 0.800. The predicted octanol–water partition coefficient (Wildman–Crippen LogP) is -5.91. The summed E-state index contributed by atoms with van der Waals surface area (Å²) >= 11 is 6.85. The summed E-state index contributed by atoms with van der Waals surface area (Å²) in [7, 11) is 0. The SMILES string of the molecule is O=C([O-])CC(CC(=O)[O-])Sc1ccc(Cl)cc1.[Na+].[Na+]. The van der Waals surface area contributed by atoms with Gasteiger partial charge in [0.2, 0.25) is 0 Å². The van der Waals surface area contributed by atoms with Crippen molar-refractivity contribution in [3.05, 3.63) is 29.3 Å². The first-order valence-corrected chi connectivity index (χ1v) is 6.05. The number of carboxylic acids is 2. The van der Waals surface area contributed by atoms with Crippen molar-refractivity contribution in [2.75, 3.05) is 0 Å². The third kappa shape index (κ3) is 10.2. The van der Waals surface area contributed by atoms with Crippen LogP contribution in [0.1, 0.15) is 12.8 Å². The van der Waals surface area contributed by atoms with Gasteiger partial charge in [-0.1, -0.05) is 11.6 Å². The van der Waals surface area contributed by atoms with Crippen molar-refractivity contribution in [3.63, 3.8) is 0 Å². The molecule has 0 aliphatic heterocycles. The van der Waals surface area contributed by atoms with Gasteiger partial charge >= 0.3 is 59.1 Å². The summed E-state index contributed by atoms with van der Waals surface area (Å²) in [6.45, 7) is 0. The minimum absolute atomic E-state index is 0. The van der Waals surface area contributed by atoms with Crippen LogP contribution < -0.4 is 69.3 Å². The van der Waals surface area contributed by atoms with Crippen LogP contribution in [0.2, 0.25) is 5.02 Å². The summed E-state index contributed by atoms with van der Waals surface area (Å²) in [5.74, 6) is -2.56. The Labute approximate surface area is 164 Å². The van der Waals surface area contributed by atoms with E-state index in [2.05, 4.69) is 0 Å². The van der Waals surface area contributed by atoms with Gasteiger partial charge in [-0.15, -0.1) is 11.8 Å². The van der Waals surface area contributed by atoms with Crippen LogP contribution in [0.15, 0.2) is 29.2 Å². The zero-order chi connectivity index (χ0) is 12.8. The molecule has 0 amide bonds. The number of hydrogen-bond donors (Lipinski definition) is 0. The fourth-order valence-electron chi connectivity index (χ4n) is 1.23. The molecule has 8 heteroatoms. The Morgan fingerprint density at radius 2 is 1.47 bits per heavy atom. The first kappa shape index (κ1) is 22.1. The summed E-state index contributed by atoms with van der Waals surface area (Å²) in [5.41, 5.74) is 0. The fraction of sp³-hybridized carbons (Fsp3) is 0.273. The molecule has 1 rings (SSSR count). The van der Waals surface area contributed by atoms with E-state index in [-0.39, 0.29) is 72.0 Å². The Morgan fingerprint density at radius 1 is 1.05 bits per heavy atom. The third-order valence-electron chi connectivity index (χ3n) is 1.91. The first-order valence-electron chi connectivity index (χ1n) is 4.79. The van der Waals surface area contributed by atoms with Gasteiger partial charge in [-0.05, 0) is 37.1 Å². The quantitative estimate of drug-likeness (QED) is 0.385. The molecule has 1 aromatic carbocycles. The van der Waals surface area contributed by atoms with Gasteiger partial charge in [-0.2, -0.15) is 0 Å². The summed E-state index contributed by atoms with van der Waals surface area (Å²) < 4.78 is 0. The summed E-state index contributed by atoms with van der Waals surface area (Å²) in [6.07, 6.45) is -0.664. The van der Waals surface area contributed by atoms with Crippen LogP contribution in [0.4, 0.5) is 0 Å². The maximum absolute atomic E-state index is 10.5. The number of carboxylic acid groups (broad SMARTS) is 2. The van der Waals surface area contributed by atoms with Crippen LogP contribution >= 0.6 is 23.4 Å². The first-order chi connectivity index (χ1) is 7.97. The molecule has 0 radical (unpaired) electrons. The molecule has 19 heavy (non-hydrogen) atoms. The average Bonchev–Trinajstić information content (AvgIpc) is 2.19. The van der Waals surface area contributed by atoms with Crippen molar-refractivity contribution >= 4 is 35.3 Å². The van der Waals surface area contributed by atoms with E-state index in [0.29, 0.717) is 5.02 Å². The number of rotatable bonds is 6. The van der Waals surface area contributed by atoms with Crippen LogP contribution in [-0.2, 0) is 9.59 Å². The second-order valence-corrected chi connectivity index (χ2v) is 5.16. The molecular formula is C11H9ClNa2O4S. The molecule has 4 nitrogen and oxygen atoms in total. The van der Waals surface area contributed by atoms with Crippen molar-refractivity contribution in [2.24, 2.45) is 0 Å². The number of halogens is 1. The van der Waals surface area contributed by atoms with Gasteiger partial charge in [0.15, 0.2) is 0 Å². The second kappa shape index (κ2) is 11.5. The van der Waals surface area contributed by atoms with Gasteiger partial charge in [-0.25, -0.2) is 0 Å². The van der Waals surface area contributed by atoms with E-state index in [1.807, 2.05) is 0 Å². The average molecular weight is 319 g/mol. The molecule has 0 saturated heterocycles. The van der Waals surface area contributed by atoms with Crippen molar-refractivity contribution in [1.29, 1.82) is 0 Å². The molecular weight excluding hydrogens is 310 g/mol. The van der Waals surface area contributed by atoms with E-state index in [4.69, 9.17) is 11.6 Å². The molecule has 0 aliphatic rings. The largest absolute Gasteiger partial charge is 1.00 e. The van der Waals surface area contributed by atoms with Gasteiger partial charge < -0.3 is 19.8 Å². The molecule has 0 saturated carbocycles. The number of thioether (sulfide) groups is 1. The molecule has 0 N–H and O–H groups in total. The molecule has 0 spiro atoms. The molecule has 0 fully saturated rings. The predicted molar refractivity (Wildman–Crippen MR) is 60.3 cm³/mol. The molecule has 0 heterocycles. The van der Waals surface area contributed by atoms with E-state index in [9.17, 15) is 19.8 Å². The zero-order valence-electron chi connectivity index (χ0n) is 10.7. The molecule has 0 unspecified atom stereocenters. The number of aliphatic carboxylic acids is 2. The van der Waals surface area contributed by atoms with Crippen molar-refractivity contribution in [2.45, 2.75) is 23.0 Å². The number of carbonyl (C=O) groups is 2.